The number of aliphatic hydroxyl groups excluding tert-OH is 1. The molecule has 0 aliphatic heterocycles. The molecule has 2 N–H and O–H groups in total. The number of benzene rings is 1. The van der Waals surface area contributed by atoms with E-state index in [0.717, 1.165) is 5.57 Å². The van der Waals surface area contributed by atoms with E-state index >= 15 is 0 Å². The predicted molar refractivity (Wildman–Crippen MR) is 55.7 cm³/mol. The highest BCUT2D eigenvalue weighted by molar-refractivity contribution is 5.47. The highest BCUT2D eigenvalue weighted by Gasteiger charge is 1.99. The molecule has 0 bridgehead atoms. The minimum Gasteiger partial charge on any atom is -0.508 e. The van der Waals surface area contributed by atoms with Crippen LogP contribution in [0.1, 0.15) is 18.1 Å². The molecule has 1 aromatic carbocycles. The Hall–Kier alpha value is -1.72. The van der Waals surface area contributed by atoms with E-state index in [1.54, 1.807) is 13.0 Å². The van der Waals surface area contributed by atoms with Gasteiger partial charge in [-0.3, -0.25) is 0 Å². The zero-order valence-corrected chi connectivity index (χ0v) is 8.04. The van der Waals surface area contributed by atoms with Gasteiger partial charge >= 0.3 is 0 Å². The smallest absolute Gasteiger partial charge is 0.116 e. The van der Waals surface area contributed by atoms with Crippen molar-refractivity contribution < 1.29 is 10.2 Å². The van der Waals surface area contributed by atoms with Gasteiger partial charge in [0.2, 0.25) is 0 Å². The third-order valence-corrected chi connectivity index (χ3v) is 1.67. The SMILES string of the molecule is C=C(C)C#Cc1cc(O)ccc1CO. The normalized spacial score (nSPS) is 9.00. The average molecular weight is 188 g/mol. The molecular formula is C12H12O2. The standard InChI is InChI=1S/C12H12O2/c1-9(2)3-4-10-7-12(14)6-5-11(10)8-13/h5-7,13-14H,1,8H2,2H3. The van der Waals surface area contributed by atoms with Crippen molar-refractivity contribution in [3.63, 3.8) is 0 Å². The van der Waals surface area contributed by atoms with Gasteiger partial charge < -0.3 is 10.2 Å². The molecule has 1 aromatic rings. The number of hydrogen-bond donors (Lipinski definition) is 2. The molecule has 0 saturated heterocycles. The van der Waals surface area contributed by atoms with Crippen LogP contribution < -0.4 is 0 Å². The lowest BCUT2D eigenvalue weighted by Crippen LogP contribution is -1.88. The minimum atomic E-state index is -0.0829. The minimum absolute atomic E-state index is 0.0829. The lowest BCUT2D eigenvalue weighted by atomic mass is 10.1. The summed E-state index contributed by atoms with van der Waals surface area (Å²) in [5, 5.41) is 18.2. The maximum Gasteiger partial charge on any atom is 0.116 e. The fourth-order valence-corrected chi connectivity index (χ4v) is 0.993. The van der Waals surface area contributed by atoms with Crippen LogP contribution in [0.3, 0.4) is 0 Å². The molecule has 2 heteroatoms. The van der Waals surface area contributed by atoms with E-state index in [4.69, 9.17) is 5.11 Å². The largest absolute Gasteiger partial charge is 0.508 e. The summed E-state index contributed by atoms with van der Waals surface area (Å²) < 4.78 is 0. The Morgan fingerprint density at radius 1 is 1.50 bits per heavy atom. The zero-order valence-electron chi connectivity index (χ0n) is 8.04. The van der Waals surface area contributed by atoms with Crippen LogP contribution in [0, 0.1) is 11.8 Å². The van der Waals surface area contributed by atoms with E-state index < -0.39 is 0 Å². The Kier molecular flexibility index (Phi) is 3.33. The average Bonchev–Trinajstić information content (AvgIpc) is 2.15. The first-order chi connectivity index (χ1) is 6.63. The highest BCUT2D eigenvalue weighted by Crippen LogP contribution is 2.15. The van der Waals surface area contributed by atoms with Gasteiger partial charge in [0, 0.05) is 5.56 Å². The lowest BCUT2D eigenvalue weighted by Gasteiger charge is -2.00. The Labute approximate surface area is 83.5 Å². The third-order valence-electron chi connectivity index (χ3n) is 1.67. The van der Waals surface area contributed by atoms with Gasteiger partial charge in [0.1, 0.15) is 5.75 Å². The fraction of sp³-hybridized carbons (Fsp3) is 0.167. The number of hydrogen-bond acceptors (Lipinski definition) is 2. The zero-order chi connectivity index (χ0) is 10.6. The molecule has 2 nitrogen and oxygen atoms in total. The molecule has 0 radical (unpaired) electrons. The van der Waals surface area contributed by atoms with E-state index in [1.165, 1.54) is 12.1 Å². The Bertz CT molecular complexity index is 408. The van der Waals surface area contributed by atoms with E-state index in [0.29, 0.717) is 11.1 Å². The maximum absolute atomic E-state index is 9.23. The molecule has 0 aliphatic rings. The van der Waals surface area contributed by atoms with Crippen molar-refractivity contribution in [2.45, 2.75) is 13.5 Å². The number of aliphatic hydroxyl groups is 1. The summed E-state index contributed by atoms with van der Waals surface area (Å²) in [4.78, 5) is 0. The molecule has 72 valence electrons. The molecule has 0 saturated carbocycles. The third kappa shape index (κ3) is 2.65. The van der Waals surface area contributed by atoms with Crippen LogP contribution in [0.25, 0.3) is 0 Å². The highest BCUT2D eigenvalue weighted by atomic mass is 16.3. The first-order valence-electron chi connectivity index (χ1n) is 4.23. The van der Waals surface area contributed by atoms with E-state index in [9.17, 15) is 5.11 Å². The molecule has 0 heterocycles. The van der Waals surface area contributed by atoms with Crippen molar-refractivity contribution in [1.82, 2.24) is 0 Å². The number of phenols is 1. The van der Waals surface area contributed by atoms with Crippen molar-refractivity contribution in [2.75, 3.05) is 0 Å². The summed E-state index contributed by atoms with van der Waals surface area (Å²) in [6, 6.07) is 4.71. The summed E-state index contributed by atoms with van der Waals surface area (Å²) in [6.45, 7) is 5.37. The van der Waals surface area contributed by atoms with Crippen molar-refractivity contribution in [3.05, 3.63) is 41.5 Å². The number of rotatable bonds is 1. The summed E-state index contributed by atoms with van der Waals surface area (Å²) in [6.07, 6.45) is 0. The Morgan fingerprint density at radius 3 is 2.79 bits per heavy atom. The first-order valence-corrected chi connectivity index (χ1v) is 4.23. The number of phenolic OH excluding ortho intramolecular Hbond substituents is 1. The molecule has 0 unspecified atom stereocenters. The van der Waals surface area contributed by atoms with Crippen LogP contribution >= 0.6 is 0 Å². The van der Waals surface area contributed by atoms with Gasteiger partial charge in [0.15, 0.2) is 0 Å². The summed E-state index contributed by atoms with van der Waals surface area (Å²) in [7, 11) is 0. The van der Waals surface area contributed by atoms with E-state index in [1.807, 2.05) is 0 Å². The summed E-state index contributed by atoms with van der Waals surface area (Å²) >= 11 is 0. The van der Waals surface area contributed by atoms with E-state index in [2.05, 4.69) is 18.4 Å². The maximum atomic E-state index is 9.23. The molecule has 0 fully saturated rings. The number of aromatic hydroxyl groups is 1. The van der Waals surface area contributed by atoms with Gasteiger partial charge in [-0.25, -0.2) is 0 Å². The fourth-order valence-electron chi connectivity index (χ4n) is 0.993. The van der Waals surface area contributed by atoms with Crippen LogP contribution in [0.15, 0.2) is 30.4 Å². The monoisotopic (exact) mass is 188 g/mol. The molecular weight excluding hydrogens is 176 g/mol. The van der Waals surface area contributed by atoms with Crippen LogP contribution in [0.4, 0.5) is 0 Å². The molecule has 0 amide bonds. The second kappa shape index (κ2) is 4.50. The van der Waals surface area contributed by atoms with Crippen molar-refractivity contribution in [2.24, 2.45) is 0 Å². The predicted octanol–water partition coefficient (Wildman–Crippen LogP) is 1.81. The molecule has 0 atom stereocenters. The quantitative estimate of drug-likeness (QED) is 0.660. The summed E-state index contributed by atoms with van der Waals surface area (Å²) in [5.74, 6) is 5.78. The number of allylic oxidation sites excluding steroid dienone is 1. The second-order valence-electron chi connectivity index (χ2n) is 3.03. The van der Waals surface area contributed by atoms with Crippen molar-refractivity contribution in [1.29, 1.82) is 0 Å². The first kappa shape index (κ1) is 10.4. The van der Waals surface area contributed by atoms with Gasteiger partial charge in [0.05, 0.1) is 6.61 Å². The van der Waals surface area contributed by atoms with Crippen LogP contribution in [0.5, 0.6) is 5.75 Å². The topological polar surface area (TPSA) is 40.5 Å². The summed E-state index contributed by atoms with van der Waals surface area (Å²) in [5.41, 5.74) is 2.09. The van der Waals surface area contributed by atoms with E-state index in [-0.39, 0.29) is 12.4 Å². The van der Waals surface area contributed by atoms with Crippen LogP contribution in [-0.4, -0.2) is 10.2 Å². The second-order valence-corrected chi connectivity index (χ2v) is 3.03. The van der Waals surface area contributed by atoms with Gasteiger partial charge in [0.25, 0.3) is 0 Å². The van der Waals surface area contributed by atoms with Gasteiger partial charge in [-0.1, -0.05) is 24.5 Å². The molecule has 1 rings (SSSR count). The van der Waals surface area contributed by atoms with Gasteiger partial charge in [-0.15, -0.1) is 0 Å². The van der Waals surface area contributed by atoms with Crippen LogP contribution in [0.2, 0.25) is 0 Å². The van der Waals surface area contributed by atoms with Gasteiger partial charge in [-0.2, -0.15) is 0 Å². The molecule has 14 heavy (non-hydrogen) atoms. The molecule has 0 aliphatic carbocycles. The van der Waals surface area contributed by atoms with Gasteiger partial charge in [-0.05, 0) is 30.2 Å². The Morgan fingerprint density at radius 2 is 2.21 bits per heavy atom. The Balaban J connectivity index is 3.13. The van der Waals surface area contributed by atoms with Crippen LogP contribution in [-0.2, 0) is 6.61 Å². The lowest BCUT2D eigenvalue weighted by molar-refractivity contribution is 0.281. The molecule has 0 spiro atoms. The van der Waals surface area contributed by atoms with Crippen molar-refractivity contribution in [3.8, 4) is 17.6 Å². The van der Waals surface area contributed by atoms with Crippen molar-refractivity contribution >= 4 is 0 Å². The molecule has 0 aromatic heterocycles.